The first kappa shape index (κ1) is 38.1. The van der Waals surface area contributed by atoms with Crippen molar-refractivity contribution in [2.45, 2.75) is 63.2 Å². The zero-order chi connectivity index (χ0) is 41.6. The molecule has 2 nitrogen and oxygen atoms in total. The van der Waals surface area contributed by atoms with E-state index >= 15 is 0 Å². The number of fused-ring (bicyclic) bond motifs is 2. The highest BCUT2D eigenvalue weighted by molar-refractivity contribution is 6.23. The Bertz CT molecular complexity index is 2700. The van der Waals surface area contributed by atoms with Crippen LogP contribution in [0, 0.1) is 13.8 Å². The van der Waals surface area contributed by atoms with Crippen molar-refractivity contribution in [2.24, 2.45) is 0 Å². The van der Waals surface area contributed by atoms with Gasteiger partial charge in [0.1, 0.15) is 0 Å². The Balaban J connectivity index is 0.991. The van der Waals surface area contributed by atoms with E-state index in [4.69, 9.17) is 0 Å². The molecule has 9 aromatic rings. The van der Waals surface area contributed by atoms with Crippen molar-refractivity contribution in [1.29, 1.82) is 0 Å². The van der Waals surface area contributed by atoms with E-state index in [1.54, 1.807) is 0 Å². The van der Waals surface area contributed by atoms with Gasteiger partial charge in [-0.25, -0.2) is 0 Å². The zero-order valence-corrected chi connectivity index (χ0v) is 35.7. The molecular formula is C60H52N2. The first-order chi connectivity index (χ1) is 30.6. The fraction of sp³-hybridized carbons (Fsp3) is 0.167. The molecule has 0 spiro atoms. The van der Waals surface area contributed by atoms with Crippen LogP contribution in [0.15, 0.2) is 206 Å². The second-order valence-corrected chi connectivity index (χ2v) is 17.9. The molecule has 0 heterocycles. The van der Waals surface area contributed by atoms with Crippen molar-refractivity contribution in [1.82, 2.24) is 0 Å². The van der Waals surface area contributed by atoms with Gasteiger partial charge in [-0.2, -0.15) is 0 Å². The van der Waals surface area contributed by atoms with Crippen LogP contribution in [0.3, 0.4) is 0 Å². The third kappa shape index (κ3) is 7.04. The number of benzene rings is 9. The molecule has 0 N–H and O–H groups in total. The molecule has 0 amide bonds. The van der Waals surface area contributed by atoms with Crippen LogP contribution in [-0.2, 0) is 0 Å². The number of para-hydroxylation sites is 2. The Morgan fingerprint density at radius 1 is 0.274 bits per heavy atom. The summed E-state index contributed by atoms with van der Waals surface area (Å²) >= 11 is 0. The largest absolute Gasteiger partial charge is 0.309 e. The van der Waals surface area contributed by atoms with Gasteiger partial charge < -0.3 is 9.80 Å². The van der Waals surface area contributed by atoms with E-state index in [1.807, 2.05) is 0 Å². The van der Waals surface area contributed by atoms with Crippen molar-refractivity contribution in [3.8, 4) is 0 Å². The minimum atomic E-state index is 0.587. The summed E-state index contributed by atoms with van der Waals surface area (Å²) < 4.78 is 0. The maximum atomic E-state index is 2.48. The molecule has 11 rings (SSSR count). The van der Waals surface area contributed by atoms with Gasteiger partial charge in [-0.3, -0.25) is 0 Å². The summed E-state index contributed by atoms with van der Waals surface area (Å²) in [5.74, 6) is 2.46. The van der Waals surface area contributed by atoms with E-state index in [9.17, 15) is 0 Å². The Hall–Kier alpha value is -6.90. The van der Waals surface area contributed by atoms with Gasteiger partial charge >= 0.3 is 0 Å². The van der Waals surface area contributed by atoms with E-state index < -0.39 is 0 Å². The fourth-order valence-corrected chi connectivity index (χ4v) is 10.3. The number of rotatable bonds is 10. The lowest BCUT2D eigenvalue weighted by atomic mass is 9.68. The molecule has 0 aromatic heterocycles. The summed E-state index contributed by atoms with van der Waals surface area (Å²) in [5.41, 5.74) is 15.5. The monoisotopic (exact) mass is 800 g/mol. The van der Waals surface area contributed by atoms with Crippen molar-refractivity contribution >= 4 is 55.7 Å². The first-order valence-electron chi connectivity index (χ1n) is 22.5. The number of nitrogens with zero attached hydrogens (tertiary/aromatic N) is 2. The molecule has 62 heavy (non-hydrogen) atoms. The Morgan fingerprint density at radius 2 is 0.516 bits per heavy atom. The number of aryl methyl sites for hydroxylation is 2. The van der Waals surface area contributed by atoms with Crippen molar-refractivity contribution in [2.75, 3.05) is 9.80 Å². The Labute approximate surface area is 366 Å². The number of hydrogen-bond acceptors (Lipinski definition) is 2. The van der Waals surface area contributed by atoms with Crippen LogP contribution in [0.1, 0.15) is 82.7 Å². The first-order valence-corrected chi connectivity index (χ1v) is 22.5. The van der Waals surface area contributed by atoms with Gasteiger partial charge in [-0.1, -0.05) is 169 Å². The third-order valence-electron chi connectivity index (χ3n) is 14.0. The molecule has 2 heteroatoms. The van der Waals surface area contributed by atoms with Crippen LogP contribution in [0.4, 0.5) is 34.1 Å². The van der Waals surface area contributed by atoms with Crippen molar-refractivity contribution < 1.29 is 0 Å². The van der Waals surface area contributed by atoms with E-state index in [1.165, 1.54) is 92.0 Å². The second kappa shape index (κ2) is 16.2. The van der Waals surface area contributed by atoms with Crippen LogP contribution in [0.2, 0.25) is 0 Å². The summed E-state index contributed by atoms with van der Waals surface area (Å²) in [6.07, 6.45) is 4.82. The summed E-state index contributed by atoms with van der Waals surface area (Å²) in [6, 6.07) is 77.1. The van der Waals surface area contributed by atoms with E-state index in [-0.39, 0.29) is 0 Å². The smallest absolute Gasteiger partial charge is 0.0619 e. The maximum Gasteiger partial charge on any atom is 0.0619 e. The average molecular weight is 801 g/mol. The molecule has 0 bridgehead atoms. The fourth-order valence-electron chi connectivity index (χ4n) is 10.3. The number of hydrogen-bond donors (Lipinski definition) is 0. The molecule has 0 aliphatic heterocycles. The van der Waals surface area contributed by atoms with E-state index in [2.05, 4.69) is 230 Å². The lowest BCUT2D eigenvalue weighted by Crippen LogP contribution is -2.20. The maximum absolute atomic E-state index is 2.48. The van der Waals surface area contributed by atoms with Crippen LogP contribution in [0.25, 0.3) is 21.5 Å². The normalized spacial score (nSPS) is 18.2. The van der Waals surface area contributed by atoms with Crippen LogP contribution in [0.5, 0.6) is 0 Å². The van der Waals surface area contributed by atoms with E-state index in [0.29, 0.717) is 23.7 Å². The predicted octanol–water partition coefficient (Wildman–Crippen LogP) is 16.9. The van der Waals surface area contributed by atoms with Crippen molar-refractivity contribution in [3.63, 3.8) is 0 Å². The molecule has 0 unspecified atom stereocenters. The minimum Gasteiger partial charge on any atom is -0.309 e. The van der Waals surface area contributed by atoms with Gasteiger partial charge in [-0.05, 0) is 134 Å². The lowest BCUT2D eigenvalue weighted by Gasteiger charge is -2.37. The lowest BCUT2D eigenvalue weighted by molar-refractivity contribution is 0.351. The molecule has 0 radical (unpaired) electrons. The summed E-state index contributed by atoms with van der Waals surface area (Å²) in [4.78, 5) is 4.97. The molecular weight excluding hydrogens is 749 g/mol. The Morgan fingerprint density at radius 3 is 0.806 bits per heavy atom. The average Bonchev–Trinajstić information content (AvgIpc) is 3.29. The summed E-state index contributed by atoms with van der Waals surface area (Å²) in [7, 11) is 0. The highest BCUT2D eigenvalue weighted by Crippen LogP contribution is 2.53. The van der Waals surface area contributed by atoms with Gasteiger partial charge in [0.05, 0.1) is 11.4 Å². The molecule has 0 saturated heterocycles. The molecule has 2 fully saturated rings. The zero-order valence-electron chi connectivity index (χ0n) is 35.7. The highest BCUT2D eigenvalue weighted by atomic mass is 15.2. The van der Waals surface area contributed by atoms with Crippen LogP contribution >= 0.6 is 0 Å². The molecule has 2 aliphatic rings. The summed E-state index contributed by atoms with van der Waals surface area (Å²) in [5, 5.41) is 4.85. The third-order valence-corrected chi connectivity index (χ3v) is 14.0. The molecule has 2 saturated carbocycles. The van der Waals surface area contributed by atoms with E-state index in [0.717, 1.165) is 22.7 Å². The quantitative estimate of drug-likeness (QED) is 0.100. The molecule has 9 aromatic carbocycles. The molecule has 302 valence electrons. The predicted molar refractivity (Wildman–Crippen MR) is 263 cm³/mol. The molecule has 0 atom stereocenters. The van der Waals surface area contributed by atoms with Crippen LogP contribution in [-0.4, -0.2) is 0 Å². The molecule has 2 aliphatic carbocycles. The highest BCUT2D eigenvalue weighted by Gasteiger charge is 2.33. The topological polar surface area (TPSA) is 6.48 Å². The van der Waals surface area contributed by atoms with Gasteiger partial charge in [0.15, 0.2) is 0 Å². The standard InChI is InChI=1S/C60H52N2/c1-41-21-25-43(26-22-41)47-37-49(38-47)45-29-33-53(34-30-45)61(51-13-5-3-6-14-51)59-55-17-9-11-19-57(55)60(58-20-12-10-18-56(58)59)62(52-15-7-4-8-16-52)54-35-31-46(32-36-54)50-39-48(40-50)44-27-23-42(2)24-28-44/h3-36,47-50H,37-40H2,1-2H3. The van der Waals surface area contributed by atoms with Crippen LogP contribution < -0.4 is 9.80 Å². The van der Waals surface area contributed by atoms with Gasteiger partial charge in [-0.15, -0.1) is 0 Å². The number of anilines is 6. The van der Waals surface area contributed by atoms with Gasteiger partial charge in [0.2, 0.25) is 0 Å². The minimum absolute atomic E-state index is 0.587. The SMILES string of the molecule is Cc1ccc(C2CC(c3ccc(N(c4ccccc4)c4c5ccccc5c(N(c5ccccc5)c5ccc(C6CC(c7ccc(C)cc7)C6)cc5)c5ccccc45)cc3)C2)cc1. The second-order valence-electron chi connectivity index (χ2n) is 17.9. The van der Waals surface area contributed by atoms with Crippen molar-refractivity contribution in [3.05, 3.63) is 240 Å². The van der Waals surface area contributed by atoms with Gasteiger partial charge in [0.25, 0.3) is 0 Å². The van der Waals surface area contributed by atoms with Gasteiger partial charge in [0, 0.05) is 44.3 Å². The Kier molecular flexibility index (Phi) is 9.93. The summed E-state index contributed by atoms with van der Waals surface area (Å²) in [6.45, 7) is 4.34.